The number of rotatable bonds is 8. The normalized spacial score (nSPS) is 11.1. The Morgan fingerprint density at radius 1 is 0.282 bits per heavy atom. The van der Waals surface area contributed by atoms with Crippen molar-refractivity contribution in [3.8, 4) is 0 Å². The van der Waals surface area contributed by atoms with Crippen LogP contribution in [0.2, 0.25) is 0 Å². The first-order valence-corrected chi connectivity index (χ1v) is 16.8. The SMILES string of the molecule is c1ccc(P(c2ccccc2)c2ccccc2Pc2ccccc2P(c2ccccc2)c2ccccc2)cc1. The lowest BCUT2D eigenvalue weighted by Gasteiger charge is -2.25. The van der Waals surface area contributed by atoms with E-state index in [1.165, 1.54) is 42.4 Å². The molecule has 0 aliphatic carbocycles. The molecule has 0 saturated heterocycles. The van der Waals surface area contributed by atoms with Gasteiger partial charge in [0.2, 0.25) is 0 Å². The molecule has 0 bridgehead atoms. The molecule has 0 aromatic heterocycles. The van der Waals surface area contributed by atoms with Gasteiger partial charge in [-0.2, -0.15) is 0 Å². The second-order valence-corrected chi connectivity index (χ2v) is 14.9. The lowest BCUT2D eigenvalue weighted by molar-refractivity contribution is 1.74. The van der Waals surface area contributed by atoms with Crippen LogP contribution in [0.15, 0.2) is 170 Å². The monoisotopic (exact) mass is 554 g/mol. The highest BCUT2D eigenvalue weighted by Gasteiger charge is 2.22. The third kappa shape index (κ3) is 5.96. The first kappa shape index (κ1) is 25.9. The van der Waals surface area contributed by atoms with Crippen LogP contribution in [-0.2, 0) is 0 Å². The second-order valence-electron chi connectivity index (χ2n) is 9.17. The molecule has 0 fully saturated rings. The molecule has 0 saturated carbocycles. The Balaban J connectivity index is 1.46. The Kier molecular flexibility index (Phi) is 8.38. The summed E-state index contributed by atoms with van der Waals surface area (Å²) >= 11 is 0. The van der Waals surface area contributed by atoms with Crippen molar-refractivity contribution in [2.75, 3.05) is 0 Å². The van der Waals surface area contributed by atoms with E-state index >= 15 is 0 Å². The van der Waals surface area contributed by atoms with Gasteiger partial charge in [-0.1, -0.05) is 178 Å². The Morgan fingerprint density at radius 3 is 0.846 bits per heavy atom. The maximum atomic E-state index is 2.36. The van der Waals surface area contributed by atoms with E-state index in [-0.39, 0.29) is 0 Å². The molecule has 0 amide bonds. The third-order valence-electron chi connectivity index (χ3n) is 6.62. The summed E-state index contributed by atoms with van der Waals surface area (Å²) in [5, 5.41) is 11.3. The van der Waals surface area contributed by atoms with Gasteiger partial charge in [-0.3, -0.25) is 0 Å². The maximum Gasteiger partial charge on any atom is -0.00735 e. The van der Waals surface area contributed by atoms with Crippen LogP contribution in [0.25, 0.3) is 0 Å². The van der Waals surface area contributed by atoms with E-state index in [9.17, 15) is 0 Å². The Bertz CT molecular complexity index is 1410. The highest BCUT2D eigenvalue weighted by atomic mass is 31.1. The number of hydrogen-bond donors (Lipinski definition) is 0. The molecule has 6 rings (SSSR count). The van der Waals surface area contributed by atoms with E-state index in [0.29, 0.717) is 8.58 Å². The van der Waals surface area contributed by atoms with E-state index < -0.39 is 15.8 Å². The fraction of sp³-hybridized carbons (Fsp3) is 0. The van der Waals surface area contributed by atoms with Crippen molar-refractivity contribution < 1.29 is 0 Å². The highest BCUT2D eigenvalue weighted by molar-refractivity contribution is 7.82. The van der Waals surface area contributed by atoms with Crippen molar-refractivity contribution in [1.82, 2.24) is 0 Å². The van der Waals surface area contributed by atoms with Gasteiger partial charge in [-0.15, -0.1) is 0 Å². The molecule has 39 heavy (non-hydrogen) atoms. The fourth-order valence-corrected chi connectivity index (χ4v) is 11.6. The summed E-state index contributed by atoms with van der Waals surface area (Å²) < 4.78 is 0. The fourth-order valence-electron chi connectivity index (χ4n) is 4.86. The highest BCUT2D eigenvalue weighted by Crippen LogP contribution is 2.36. The Labute approximate surface area is 236 Å². The van der Waals surface area contributed by atoms with Gasteiger partial charge < -0.3 is 0 Å². The molecule has 0 heterocycles. The van der Waals surface area contributed by atoms with E-state index in [1.54, 1.807) is 0 Å². The van der Waals surface area contributed by atoms with Gasteiger partial charge in [0.05, 0.1) is 0 Å². The zero-order valence-electron chi connectivity index (χ0n) is 21.6. The van der Waals surface area contributed by atoms with Crippen LogP contribution in [-0.4, -0.2) is 0 Å². The lowest BCUT2D eigenvalue weighted by Crippen LogP contribution is -2.33. The van der Waals surface area contributed by atoms with Gasteiger partial charge >= 0.3 is 0 Å². The quantitative estimate of drug-likeness (QED) is 0.208. The first-order chi connectivity index (χ1) is 19.4. The molecule has 188 valence electrons. The van der Waals surface area contributed by atoms with Crippen molar-refractivity contribution in [3.63, 3.8) is 0 Å². The molecule has 0 spiro atoms. The van der Waals surface area contributed by atoms with Crippen LogP contribution in [0.1, 0.15) is 0 Å². The van der Waals surface area contributed by atoms with Crippen molar-refractivity contribution in [1.29, 1.82) is 0 Å². The Morgan fingerprint density at radius 2 is 0.538 bits per heavy atom. The lowest BCUT2D eigenvalue weighted by atomic mass is 10.3. The van der Waals surface area contributed by atoms with Gasteiger partial charge in [-0.05, 0) is 58.3 Å². The smallest absolute Gasteiger partial charge is 0.00735 e. The largest absolute Gasteiger partial charge is 0.0622 e. The standard InChI is InChI=1S/C36H29P3/c1-5-17-29(18-6-1)38(30-19-7-2-8-20-30)35-27-15-13-25-33(35)37-34-26-14-16-28-36(34)39(31-21-9-3-10-22-31)32-23-11-4-12-24-32/h1-28,37H. The number of hydrogen-bond acceptors (Lipinski definition) is 0. The predicted octanol–water partition coefficient (Wildman–Crippen LogP) is 5.83. The molecule has 0 atom stereocenters. The van der Waals surface area contributed by atoms with Crippen molar-refractivity contribution in [2.45, 2.75) is 0 Å². The summed E-state index contributed by atoms with van der Waals surface area (Å²) in [5.74, 6) is 0. The van der Waals surface area contributed by atoms with Crippen molar-refractivity contribution in [2.24, 2.45) is 0 Å². The predicted molar refractivity (Wildman–Crippen MR) is 178 cm³/mol. The summed E-state index contributed by atoms with van der Waals surface area (Å²) in [6, 6.07) is 62.3. The first-order valence-electron chi connectivity index (χ1n) is 13.1. The van der Waals surface area contributed by atoms with Crippen LogP contribution in [0.3, 0.4) is 0 Å². The molecule has 0 radical (unpaired) electrons. The minimum atomic E-state index is -0.663. The molecule has 0 unspecified atom stereocenters. The van der Waals surface area contributed by atoms with Gasteiger partial charge in [-0.25, -0.2) is 0 Å². The molecule has 0 aliphatic heterocycles. The molecule has 6 aromatic rings. The summed E-state index contributed by atoms with van der Waals surface area (Å²) in [5.41, 5.74) is 0. The molecule has 6 aromatic carbocycles. The van der Waals surface area contributed by atoms with Crippen LogP contribution >= 0.6 is 24.4 Å². The van der Waals surface area contributed by atoms with Gasteiger partial charge in [0, 0.05) is 0 Å². The van der Waals surface area contributed by atoms with E-state index in [2.05, 4.69) is 170 Å². The molecular weight excluding hydrogens is 525 g/mol. The van der Waals surface area contributed by atoms with Crippen molar-refractivity contribution in [3.05, 3.63) is 170 Å². The number of benzene rings is 6. The summed E-state index contributed by atoms with van der Waals surface area (Å²) in [6.07, 6.45) is 0. The maximum absolute atomic E-state index is 2.36. The topological polar surface area (TPSA) is 0 Å². The zero-order valence-corrected chi connectivity index (χ0v) is 24.3. The minimum Gasteiger partial charge on any atom is -0.0622 e. The Hall–Kier alpha value is -3.39. The van der Waals surface area contributed by atoms with Gasteiger partial charge in [0.15, 0.2) is 0 Å². The van der Waals surface area contributed by atoms with E-state index in [0.717, 1.165) is 0 Å². The summed E-state index contributed by atoms with van der Waals surface area (Å²) in [6.45, 7) is 0. The minimum absolute atomic E-state index is 0.572. The van der Waals surface area contributed by atoms with E-state index in [1.807, 2.05) is 0 Å². The molecule has 3 heteroatoms. The van der Waals surface area contributed by atoms with Crippen LogP contribution in [0.4, 0.5) is 0 Å². The van der Waals surface area contributed by atoms with E-state index in [4.69, 9.17) is 0 Å². The summed E-state index contributed by atoms with van der Waals surface area (Å²) in [4.78, 5) is 0. The van der Waals surface area contributed by atoms with Gasteiger partial charge in [0.1, 0.15) is 0 Å². The average molecular weight is 555 g/mol. The third-order valence-corrected chi connectivity index (χ3v) is 13.5. The van der Waals surface area contributed by atoms with Gasteiger partial charge in [0.25, 0.3) is 0 Å². The molecule has 0 nitrogen and oxygen atoms in total. The summed E-state index contributed by atoms with van der Waals surface area (Å²) in [7, 11) is -0.755. The molecular formula is C36H29P3. The van der Waals surface area contributed by atoms with Crippen LogP contribution < -0.4 is 42.4 Å². The second kappa shape index (κ2) is 12.6. The average Bonchev–Trinajstić information content (AvgIpc) is 3.01. The molecule has 0 N–H and O–H groups in total. The zero-order chi connectivity index (χ0) is 26.3. The van der Waals surface area contributed by atoms with Crippen LogP contribution in [0, 0.1) is 0 Å². The van der Waals surface area contributed by atoms with Crippen LogP contribution in [0.5, 0.6) is 0 Å². The van der Waals surface area contributed by atoms with Crippen molar-refractivity contribution >= 4 is 66.9 Å². The molecule has 0 aliphatic rings.